The van der Waals surface area contributed by atoms with Gasteiger partial charge in [-0.2, -0.15) is 0 Å². The van der Waals surface area contributed by atoms with Gasteiger partial charge in [0.25, 0.3) is 4.84 Å². The van der Waals surface area contributed by atoms with Crippen LogP contribution in [-0.4, -0.2) is 47.2 Å². The summed E-state index contributed by atoms with van der Waals surface area (Å²) >= 11 is 5.26. The summed E-state index contributed by atoms with van der Waals surface area (Å²) in [5.41, 5.74) is 0.639. The van der Waals surface area contributed by atoms with E-state index in [0.29, 0.717) is 24.5 Å². The van der Waals surface area contributed by atoms with Crippen LogP contribution < -0.4 is 0 Å². The SMILES string of the molecule is CCCCN(Cn1nc(-c2ccc(F)cc2)oc1=S)[C@H]1CCS(=O)(=O)C1. The molecular weight excluding hydrogens is 377 g/mol. The van der Waals surface area contributed by atoms with E-state index in [1.54, 1.807) is 16.8 Å². The maximum absolute atomic E-state index is 13.1. The molecule has 0 bridgehead atoms. The molecular formula is C17H22FN3O3S2. The van der Waals surface area contributed by atoms with Crippen molar-refractivity contribution in [3.63, 3.8) is 0 Å². The summed E-state index contributed by atoms with van der Waals surface area (Å²) in [5, 5.41) is 4.40. The van der Waals surface area contributed by atoms with E-state index in [1.807, 2.05) is 0 Å². The van der Waals surface area contributed by atoms with Gasteiger partial charge in [-0.25, -0.2) is 17.5 Å². The van der Waals surface area contributed by atoms with Gasteiger partial charge in [-0.1, -0.05) is 13.3 Å². The fraction of sp³-hybridized carbons (Fsp3) is 0.529. The van der Waals surface area contributed by atoms with Crippen LogP contribution in [-0.2, 0) is 16.5 Å². The Morgan fingerprint density at radius 1 is 1.38 bits per heavy atom. The first kappa shape index (κ1) is 19.2. The van der Waals surface area contributed by atoms with E-state index in [9.17, 15) is 12.8 Å². The first-order chi connectivity index (χ1) is 12.4. The van der Waals surface area contributed by atoms with Gasteiger partial charge >= 0.3 is 0 Å². The van der Waals surface area contributed by atoms with Gasteiger partial charge in [0.1, 0.15) is 5.82 Å². The Morgan fingerprint density at radius 3 is 2.73 bits per heavy atom. The minimum Gasteiger partial charge on any atom is -0.409 e. The van der Waals surface area contributed by atoms with Crippen LogP contribution in [0.3, 0.4) is 0 Å². The second-order valence-electron chi connectivity index (χ2n) is 6.54. The zero-order chi connectivity index (χ0) is 18.7. The van der Waals surface area contributed by atoms with Crippen molar-refractivity contribution in [1.29, 1.82) is 0 Å². The van der Waals surface area contributed by atoms with E-state index < -0.39 is 9.84 Å². The van der Waals surface area contributed by atoms with Crippen molar-refractivity contribution in [2.75, 3.05) is 18.1 Å². The summed E-state index contributed by atoms with van der Waals surface area (Å²) in [7, 11) is -2.97. The third kappa shape index (κ3) is 4.57. The number of rotatable bonds is 7. The average molecular weight is 400 g/mol. The number of nitrogens with zero attached hydrogens (tertiary/aromatic N) is 3. The van der Waals surface area contributed by atoms with Crippen molar-refractivity contribution in [2.24, 2.45) is 0 Å². The molecule has 1 atom stereocenters. The first-order valence-corrected chi connectivity index (χ1v) is 10.9. The van der Waals surface area contributed by atoms with Crippen LogP contribution in [0.2, 0.25) is 0 Å². The van der Waals surface area contributed by atoms with E-state index in [1.165, 1.54) is 12.1 Å². The van der Waals surface area contributed by atoms with Crippen LogP contribution in [0.4, 0.5) is 4.39 Å². The Bertz CT molecular complexity index is 906. The van der Waals surface area contributed by atoms with Crippen LogP contribution in [0.15, 0.2) is 28.7 Å². The molecule has 6 nitrogen and oxygen atoms in total. The lowest BCUT2D eigenvalue weighted by Crippen LogP contribution is -2.38. The molecule has 1 aromatic carbocycles. The Labute approximate surface area is 157 Å². The molecule has 9 heteroatoms. The summed E-state index contributed by atoms with van der Waals surface area (Å²) in [6.07, 6.45) is 2.61. The van der Waals surface area contributed by atoms with Crippen LogP contribution in [0.25, 0.3) is 11.5 Å². The molecule has 0 spiro atoms. The maximum atomic E-state index is 13.1. The molecule has 26 heavy (non-hydrogen) atoms. The van der Waals surface area contributed by atoms with Crippen LogP contribution >= 0.6 is 12.2 Å². The quantitative estimate of drug-likeness (QED) is 0.666. The summed E-state index contributed by atoms with van der Waals surface area (Å²) in [4.78, 5) is 2.33. The Morgan fingerprint density at radius 2 is 2.12 bits per heavy atom. The van der Waals surface area contributed by atoms with Crippen molar-refractivity contribution in [3.8, 4) is 11.5 Å². The number of hydrogen-bond acceptors (Lipinski definition) is 6. The predicted octanol–water partition coefficient (Wildman–Crippen LogP) is 3.26. The van der Waals surface area contributed by atoms with Gasteiger partial charge in [-0.3, -0.25) is 4.90 Å². The summed E-state index contributed by atoms with van der Waals surface area (Å²) in [6, 6.07) is 5.81. The summed E-state index contributed by atoms with van der Waals surface area (Å²) in [5.74, 6) is 0.391. The van der Waals surface area contributed by atoms with Crippen LogP contribution in [0.1, 0.15) is 26.2 Å². The standard InChI is InChI=1S/C17H22FN3O3S2/c1-2-3-9-20(15-8-10-26(22,23)11-15)12-21-17(25)24-16(19-21)13-4-6-14(18)7-5-13/h4-7,15H,2-3,8-12H2,1H3/t15-/m0/s1. The fourth-order valence-electron chi connectivity index (χ4n) is 3.07. The molecule has 142 valence electrons. The molecule has 1 saturated heterocycles. The minimum atomic E-state index is -2.97. The lowest BCUT2D eigenvalue weighted by Gasteiger charge is -2.27. The van der Waals surface area contributed by atoms with E-state index in [4.69, 9.17) is 16.6 Å². The third-order valence-electron chi connectivity index (χ3n) is 4.54. The molecule has 0 unspecified atom stereocenters. The second kappa shape index (κ2) is 7.98. The van der Waals surface area contributed by atoms with E-state index in [-0.39, 0.29) is 28.2 Å². The molecule has 1 fully saturated rings. The Kier molecular flexibility index (Phi) is 5.89. The average Bonchev–Trinajstić information content (AvgIpc) is 3.14. The molecule has 1 aromatic heterocycles. The molecule has 2 aromatic rings. The Hall–Kier alpha value is -1.58. The van der Waals surface area contributed by atoms with Gasteiger partial charge < -0.3 is 4.42 Å². The highest BCUT2D eigenvalue weighted by molar-refractivity contribution is 7.91. The molecule has 0 radical (unpaired) electrons. The van der Waals surface area contributed by atoms with Crippen molar-refractivity contribution < 1.29 is 17.2 Å². The number of benzene rings is 1. The van der Waals surface area contributed by atoms with Crippen molar-refractivity contribution in [2.45, 2.75) is 38.9 Å². The zero-order valence-electron chi connectivity index (χ0n) is 14.6. The van der Waals surface area contributed by atoms with Crippen LogP contribution in [0, 0.1) is 10.7 Å². The first-order valence-electron chi connectivity index (χ1n) is 8.66. The predicted molar refractivity (Wildman–Crippen MR) is 99.4 cm³/mol. The highest BCUT2D eigenvalue weighted by Crippen LogP contribution is 2.21. The van der Waals surface area contributed by atoms with Crippen molar-refractivity contribution >= 4 is 22.1 Å². The molecule has 2 heterocycles. The lowest BCUT2D eigenvalue weighted by atomic mass is 10.2. The van der Waals surface area contributed by atoms with E-state index >= 15 is 0 Å². The maximum Gasteiger partial charge on any atom is 0.288 e. The summed E-state index contributed by atoms with van der Waals surface area (Å²) in [6.45, 7) is 3.25. The van der Waals surface area contributed by atoms with Gasteiger partial charge in [0, 0.05) is 18.2 Å². The number of sulfone groups is 1. The normalized spacial score (nSPS) is 19.3. The van der Waals surface area contributed by atoms with Gasteiger partial charge in [0.15, 0.2) is 9.84 Å². The lowest BCUT2D eigenvalue weighted by molar-refractivity contribution is 0.151. The molecule has 0 aliphatic carbocycles. The highest BCUT2D eigenvalue weighted by Gasteiger charge is 2.32. The minimum absolute atomic E-state index is 0.0283. The molecule has 1 aliphatic rings. The Balaban J connectivity index is 1.80. The number of unbranched alkanes of at least 4 members (excludes halogenated alkanes) is 1. The monoisotopic (exact) mass is 399 g/mol. The molecule has 0 N–H and O–H groups in total. The smallest absolute Gasteiger partial charge is 0.288 e. The van der Waals surface area contributed by atoms with Crippen LogP contribution in [0.5, 0.6) is 0 Å². The fourth-order valence-corrected chi connectivity index (χ4v) is 5.01. The van der Waals surface area contributed by atoms with Crippen molar-refractivity contribution in [1.82, 2.24) is 14.7 Å². The zero-order valence-corrected chi connectivity index (χ0v) is 16.2. The third-order valence-corrected chi connectivity index (χ3v) is 6.58. The van der Waals surface area contributed by atoms with E-state index in [0.717, 1.165) is 19.4 Å². The number of halogens is 1. The number of hydrogen-bond donors (Lipinski definition) is 0. The molecule has 0 amide bonds. The molecule has 0 saturated carbocycles. The van der Waals surface area contributed by atoms with E-state index in [2.05, 4.69) is 16.9 Å². The van der Waals surface area contributed by atoms with Crippen molar-refractivity contribution in [3.05, 3.63) is 34.9 Å². The number of aromatic nitrogens is 2. The van der Waals surface area contributed by atoms with Gasteiger partial charge in [0.2, 0.25) is 5.89 Å². The van der Waals surface area contributed by atoms with Gasteiger partial charge in [-0.05, 0) is 49.3 Å². The van der Waals surface area contributed by atoms with Gasteiger partial charge in [-0.15, -0.1) is 5.10 Å². The topological polar surface area (TPSA) is 68.3 Å². The summed E-state index contributed by atoms with van der Waals surface area (Å²) < 4.78 is 43.9. The van der Waals surface area contributed by atoms with Gasteiger partial charge in [0.05, 0.1) is 18.2 Å². The molecule has 3 rings (SSSR count). The second-order valence-corrected chi connectivity index (χ2v) is 9.12. The largest absolute Gasteiger partial charge is 0.409 e. The molecule has 1 aliphatic heterocycles. The highest BCUT2D eigenvalue weighted by atomic mass is 32.2.